The lowest BCUT2D eigenvalue weighted by atomic mass is 10.1. The molecule has 0 aliphatic carbocycles. The van der Waals surface area contributed by atoms with Crippen LogP contribution in [0.4, 0.5) is 0 Å². The van der Waals surface area contributed by atoms with Crippen LogP contribution in [0.1, 0.15) is 29.0 Å². The van der Waals surface area contributed by atoms with Crippen LogP contribution in [0.15, 0.2) is 24.4 Å². The summed E-state index contributed by atoms with van der Waals surface area (Å²) >= 11 is 0. The number of β-amino-alcohol motifs (C(OH)–C–C–N with tert-alkyl or cyclic N) is 1. The van der Waals surface area contributed by atoms with Crippen LogP contribution in [0.3, 0.4) is 0 Å². The highest BCUT2D eigenvalue weighted by atomic mass is 16.5. The number of carbonyl (C=O) groups is 1. The molecule has 0 saturated carbocycles. The van der Waals surface area contributed by atoms with Crippen LogP contribution < -0.4 is 0 Å². The molecule has 2 fully saturated rings. The molecule has 7 nitrogen and oxygen atoms in total. The van der Waals surface area contributed by atoms with Crippen molar-refractivity contribution in [1.29, 1.82) is 0 Å². The van der Waals surface area contributed by atoms with Crippen LogP contribution in [0.25, 0.3) is 5.65 Å². The Labute approximate surface area is 146 Å². The first-order chi connectivity index (χ1) is 12.2. The monoisotopic (exact) mass is 344 g/mol. The molecule has 1 N–H and O–H groups in total. The molecule has 25 heavy (non-hydrogen) atoms. The number of imidazole rings is 1. The summed E-state index contributed by atoms with van der Waals surface area (Å²) in [5.74, 6) is -0.0282. The van der Waals surface area contributed by atoms with Crippen molar-refractivity contribution >= 4 is 11.6 Å². The molecule has 1 atom stereocenters. The van der Waals surface area contributed by atoms with E-state index in [9.17, 15) is 9.90 Å². The number of likely N-dealkylation sites (tertiary alicyclic amines) is 1. The van der Waals surface area contributed by atoms with E-state index in [2.05, 4.69) is 9.88 Å². The minimum atomic E-state index is -0.286. The highest BCUT2D eigenvalue weighted by Crippen LogP contribution is 2.20. The molecule has 134 valence electrons. The largest absolute Gasteiger partial charge is 0.392 e. The molecule has 2 saturated heterocycles. The standard InChI is InChI=1S/C18H24N4O3/c23-14-4-3-6-20(12-14)13-15-17(18(24)21-8-10-25-11-9-21)19-16-5-1-2-7-22(15)16/h1-2,5,7,14,23H,3-4,6,8-13H2. The Kier molecular flexibility index (Phi) is 4.70. The van der Waals surface area contributed by atoms with Gasteiger partial charge in [0.25, 0.3) is 5.91 Å². The zero-order valence-corrected chi connectivity index (χ0v) is 14.3. The summed E-state index contributed by atoms with van der Waals surface area (Å²) in [5.41, 5.74) is 2.21. The number of rotatable bonds is 3. The molecule has 2 aliphatic heterocycles. The number of piperidine rings is 1. The zero-order chi connectivity index (χ0) is 17.2. The van der Waals surface area contributed by atoms with Crippen molar-refractivity contribution in [2.24, 2.45) is 0 Å². The smallest absolute Gasteiger partial charge is 0.274 e. The van der Waals surface area contributed by atoms with E-state index in [0.29, 0.717) is 45.1 Å². The number of aliphatic hydroxyl groups is 1. The van der Waals surface area contributed by atoms with Crippen LogP contribution >= 0.6 is 0 Å². The fourth-order valence-corrected chi connectivity index (χ4v) is 3.67. The number of aromatic nitrogens is 2. The molecule has 0 radical (unpaired) electrons. The highest BCUT2D eigenvalue weighted by molar-refractivity contribution is 5.94. The lowest BCUT2D eigenvalue weighted by Crippen LogP contribution is -2.42. The average molecular weight is 344 g/mol. The topological polar surface area (TPSA) is 70.3 Å². The molecule has 2 aromatic rings. The number of fused-ring (bicyclic) bond motifs is 1. The van der Waals surface area contributed by atoms with E-state index in [1.165, 1.54) is 0 Å². The van der Waals surface area contributed by atoms with Crippen molar-refractivity contribution in [2.45, 2.75) is 25.5 Å². The number of morpholine rings is 1. The van der Waals surface area contributed by atoms with Gasteiger partial charge in [0.1, 0.15) is 5.65 Å². The predicted molar refractivity (Wildman–Crippen MR) is 92.4 cm³/mol. The number of carbonyl (C=O) groups excluding carboxylic acids is 1. The number of nitrogens with zero attached hydrogens (tertiary/aromatic N) is 4. The van der Waals surface area contributed by atoms with Gasteiger partial charge in [0.05, 0.1) is 25.0 Å². The van der Waals surface area contributed by atoms with Crippen molar-refractivity contribution in [3.8, 4) is 0 Å². The number of hydrogen-bond acceptors (Lipinski definition) is 5. The lowest BCUT2D eigenvalue weighted by Gasteiger charge is -2.30. The average Bonchev–Trinajstić information content (AvgIpc) is 3.00. The van der Waals surface area contributed by atoms with Gasteiger partial charge in [0.15, 0.2) is 5.69 Å². The summed E-state index contributed by atoms with van der Waals surface area (Å²) in [6, 6.07) is 5.80. The molecular weight excluding hydrogens is 320 g/mol. The third kappa shape index (κ3) is 3.40. The van der Waals surface area contributed by atoms with Crippen LogP contribution in [0.5, 0.6) is 0 Å². The Balaban J connectivity index is 1.66. The molecule has 0 spiro atoms. The summed E-state index contributed by atoms with van der Waals surface area (Å²) in [7, 11) is 0. The molecule has 7 heteroatoms. The van der Waals surface area contributed by atoms with Gasteiger partial charge in [-0.25, -0.2) is 4.98 Å². The van der Waals surface area contributed by atoms with Gasteiger partial charge < -0.3 is 19.1 Å². The van der Waals surface area contributed by atoms with E-state index < -0.39 is 0 Å². The van der Waals surface area contributed by atoms with Crippen LogP contribution in [-0.4, -0.2) is 75.7 Å². The van der Waals surface area contributed by atoms with Gasteiger partial charge in [-0.15, -0.1) is 0 Å². The van der Waals surface area contributed by atoms with Crippen molar-refractivity contribution in [3.05, 3.63) is 35.8 Å². The van der Waals surface area contributed by atoms with E-state index in [-0.39, 0.29) is 12.0 Å². The van der Waals surface area contributed by atoms with Gasteiger partial charge in [0.2, 0.25) is 0 Å². The Morgan fingerprint density at radius 3 is 2.92 bits per heavy atom. The molecule has 2 aromatic heterocycles. The van der Waals surface area contributed by atoms with Gasteiger partial charge >= 0.3 is 0 Å². The Hall–Kier alpha value is -1.96. The molecule has 0 bridgehead atoms. The van der Waals surface area contributed by atoms with Crippen molar-refractivity contribution in [2.75, 3.05) is 39.4 Å². The molecule has 4 rings (SSSR count). The maximum absolute atomic E-state index is 13.0. The summed E-state index contributed by atoms with van der Waals surface area (Å²) in [4.78, 5) is 21.7. The predicted octanol–water partition coefficient (Wildman–Crippen LogP) is 0.763. The molecule has 0 aromatic carbocycles. The van der Waals surface area contributed by atoms with Crippen LogP contribution in [0, 0.1) is 0 Å². The van der Waals surface area contributed by atoms with E-state index in [0.717, 1.165) is 30.7 Å². The Bertz CT molecular complexity index is 754. The quantitative estimate of drug-likeness (QED) is 0.890. The van der Waals surface area contributed by atoms with Gasteiger partial charge in [-0.2, -0.15) is 0 Å². The molecular formula is C18H24N4O3. The maximum Gasteiger partial charge on any atom is 0.274 e. The molecule has 1 unspecified atom stereocenters. The van der Waals surface area contributed by atoms with E-state index in [1.54, 1.807) is 0 Å². The van der Waals surface area contributed by atoms with Crippen molar-refractivity contribution in [3.63, 3.8) is 0 Å². The fraction of sp³-hybridized carbons (Fsp3) is 0.556. The van der Waals surface area contributed by atoms with Crippen molar-refractivity contribution < 1.29 is 14.6 Å². The fourth-order valence-electron chi connectivity index (χ4n) is 3.67. The van der Waals surface area contributed by atoms with Crippen LogP contribution in [0.2, 0.25) is 0 Å². The number of amides is 1. The molecule has 2 aliphatic rings. The van der Waals surface area contributed by atoms with Gasteiger partial charge in [-0.05, 0) is 31.5 Å². The highest BCUT2D eigenvalue weighted by Gasteiger charge is 2.27. The third-order valence-electron chi connectivity index (χ3n) is 4.98. The van der Waals surface area contributed by atoms with E-state index in [4.69, 9.17) is 4.74 Å². The first kappa shape index (κ1) is 16.5. The van der Waals surface area contributed by atoms with Gasteiger partial charge in [-0.1, -0.05) is 6.07 Å². The van der Waals surface area contributed by atoms with E-state index in [1.807, 2.05) is 33.7 Å². The summed E-state index contributed by atoms with van der Waals surface area (Å²) in [5, 5.41) is 9.95. The first-order valence-electron chi connectivity index (χ1n) is 8.96. The van der Waals surface area contributed by atoms with Crippen molar-refractivity contribution in [1.82, 2.24) is 19.2 Å². The summed E-state index contributed by atoms with van der Waals surface area (Å²) in [6.07, 6.45) is 3.49. The second kappa shape index (κ2) is 7.11. The number of ether oxygens (including phenoxy) is 1. The maximum atomic E-state index is 13.0. The lowest BCUT2D eigenvalue weighted by molar-refractivity contribution is 0.0296. The number of aliphatic hydroxyl groups excluding tert-OH is 1. The molecule has 1 amide bonds. The number of pyridine rings is 1. The summed E-state index contributed by atoms with van der Waals surface area (Å²) < 4.78 is 7.35. The third-order valence-corrected chi connectivity index (χ3v) is 4.98. The van der Waals surface area contributed by atoms with Gasteiger partial charge in [0, 0.05) is 32.4 Å². The Morgan fingerprint density at radius 2 is 2.12 bits per heavy atom. The van der Waals surface area contributed by atoms with E-state index >= 15 is 0 Å². The SMILES string of the molecule is O=C(c1nc2ccccn2c1CN1CCCC(O)C1)N1CCOCC1. The van der Waals surface area contributed by atoms with Gasteiger partial charge in [-0.3, -0.25) is 9.69 Å². The normalized spacial score (nSPS) is 22.4. The second-order valence-electron chi connectivity index (χ2n) is 6.77. The second-order valence-corrected chi connectivity index (χ2v) is 6.77. The Morgan fingerprint density at radius 1 is 1.28 bits per heavy atom. The number of hydrogen-bond donors (Lipinski definition) is 1. The first-order valence-corrected chi connectivity index (χ1v) is 8.96. The minimum absolute atomic E-state index is 0.0282. The summed E-state index contributed by atoms with van der Waals surface area (Å²) in [6.45, 7) is 4.56. The minimum Gasteiger partial charge on any atom is -0.392 e. The zero-order valence-electron chi connectivity index (χ0n) is 14.3. The molecule has 4 heterocycles. The van der Waals surface area contributed by atoms with Crippen LogP contribution in [-0.2, 0) is 11.3 Å².